The molecule has 6 aromatic carbocycles. The topological polar surface area (TPSA) is 16.1 Å². The van der Waals surface area contributed by atoms with Gasteiger partial charge in [0.25, 0.3) is 0 Å². The molecule has 3 heteroatoms. The molecule has 2 aromatic heterocycles. The van der Waals surface area contributed by atoms with Gasteiger partial charge in [-0.3, -0.25) is 0 Å². The molecule has 0 atom stereocenters. The molecule has 2 heterocycles. The van der Waals surface area contributed by atoms with Gasteiger partial charge in [0, 0.05) is 43.8 Å². The lowest BCUT2D eigenvalue weighted by Crippen LogP contribution is -2.10. The molecule has 0 aliphatic rings. The van der Waals surface area contributed by atoms with Crippen LogP contribution in [-0.2, 0) is 5.41 Å². The van der Waals surface area contributed by atoms with Crippen molar-refractivity contribution < 1.29 is 0 Å². The second kappa shape index (κ2) is 14.3. The summed E-state index contributed by atoms with van der Waals surface area (Å²) in [7, 11) is 0. The zero-order valence-electron chi connectivity index (χ0n) is 31.4. The largest absolute Gasteiger partial charge is 0.310 e. The van der Waals surface area contributed by atoms with Gasteiger partial charge in [-0.05, 0) is 96.1 Å². The molecule has 0 amide bonds. The third-order valence-corrected chi connectivity index (χ3v) is 11.2. The maximum Gasteiger partial charge on any atom is 0.0856 e. The first kappa shape index (κ1) is 34.9. The Morgan fingerprint density at radius 3 is 1.70 bits per heavy atom. The molecule has 0 unspecified atom stereocenters. The van der Waals surface area contributed by atoms with Crippen LogP contribution in [-0.4, -0.2) is 4.98 Å². The Hall–Kier alpha value is -6.21. The summed E-state index contributed by atoms with van der Waals surface area (Å²) in [6, 6.07) is 56.7. The Labute approximate surface area is 323 Å². The number of pyridine rings is 1. The van der Waals surface area contributed by atoms with E-state index in [9.17, 15) is 0 Å². The van der Waals surface area contributed by atoms with Gasteiger partial charge in [0.05, 0.1) is 16.3 Å². The molecule has 0 aliphatic carbocycles. The second-order valence-corrected chi connectivity index (χ2v) is 16.1. The number of fused-ring (bicyclic) bond motifs is 1. The van der Waals surface area contributed by atoms with E-state index >= 15 is 0 Å². The van der Waals surface area contributed by atoms with Crippen LogP contribution >= 0.6 is 11.3 Å². The molecule has 0 bridgehead atoms. The lowest BCUT2D eigenvalue weighted by Gasteiger charge is -2.26. The Balaban J connectivity index is 1.22. The van der Waals surface area contributed by atoms with Crippen molar-refractivity contribution in [3.05, 3.63) is 179 Å². The zero-order chi connectivity index (χ0) is 37.4. The molecule has 0 aliphatic heterocycles. The predicted octanol–water partition coefficient (Wildman–Crippen LogP) is 14.3. The van der Waals surface area contributed by atoms with Gasteiger partial charge in [0.15, 0.2) is 0 Å². The highest BCUT2D eigenvalue weighted by Gasteiger charge is 2.18. The van der Waals surface area contributed by atoms with Crippen molar-refractivity contribution in [3.8, 4) is 57.1 Å². The Morgan fingerprint density at radius 1 is 0.537 bits per heavy atom. The SMILES string of the molecule is C#Cc1sc2ccccc2c1-c1cccc(N(c2ccc(C)cc2)c2ccc(-c3cc(-c4ccc(C(C)(C)C)cc4)cc(-c4ccc(C)cc4)n3)cc2)c1. The summed E-state index contributed by atoms with van der Waals surface area (Å²) in [5.41, 5.74) is 15.6. The smallest absolute Gasteiger partial charge is 0.0856 e. The van der Waals surface area contributed by atoms with Crippen LogP contribution in [0.4, 0.5) is 17.1 Å². The first-order chi connectivity index (χ1) is 26.1. The molecular weight excluding hydrogens is 673 g/mol. The first-order valence-corrected chi connectivity index (χ1v) is 19.2. The molecule has 262 valence electrons. The van der Waals surface area contributed by atoms with Crippen LogP contribution < -0.4 is 4.90 Å². The summed E-state index contributed by atoms with van der Waals surface area (Å²) in [6.45, 7) is 11.0. The quantitative estimate of drug-likeness (QED) is 0.153. The molecule has 0 saturated heterocycles. The zero-order valence-corrected chi connectivity index (χ0v) is 32.2. The van der Waals surface area contributed by atoms with E-state index in [1.165, 1.54) is 32.3 Å². The van der Waals surface area contributed by atoms with Crippen LogP contribution in [0.2, 0.25) is 0 Å². The minimum atomic E-state index is 0.0907. The normalized spacial score (nSPS) is 11.4. The van der Waals surface area contributed by atoms with Gasteiger partial charge < -0.3 is 4.90 Å². The van der Waals surface area contributed by atoms with Gasteiger partial charge in [0.2, 0.25) is 0 Å². The van der Waals surface area contributed by atoms with E-state index in [1.54, 1.807) is 11.3 Å². The highest BCUT2D eigenvalue weighted by Crippen LogP contribution is 2.42. The van der Waals surface area contributed by atoms with Crippen molar-refractivity contribution in [2.45, 2.75) is 40.0 Å². The number of thiophene rings is 1. The van der Waals surface area contributed by atoms with Crippen LogP contribution in [0.15, 0.2) is 158 Å². The molecular formula is C51H42N2S. The van der Waals surface area contributed by atoms with Crippen LogP contribution in [0.5, 0.6) is 0 Å². The van der Waals surface area contributed by atoms with E-state index in [0.29, 0.717) is 0 Å². The van der Waals surface area contributed by atoms with Gasteiger partial charge >= 0.3 is 0 Å². The fourth-order valence-corrected chi connectivity index (χ4v) is 8.07. The number of aromatic nitrogens is 1. The molecule has 54 heavy (non-hydrogen) atoms. The predicted molar refractivity (Wildman–Crippen MR) is 232 cm³/mol. The van der Waals surface area contributed by atoms with Crippen molar-refractivity contribution >= 4 is 38.5 Å². The number of hydrogen-bond donors (Lipinski definition) is 0. The highest BCUT2D eigenvalue weighted by molar-refractivity contribution is 7.20. The first-order valence-electron chi connectivity index (χ1n) is 18.4. The van der Waals surface area contributed by atoms with Crippen LogP contribution in [0.25, 0.3) is 54.9 Å². The van der Waals surface area contributed by atoms with E-state index < -0.39 is 0 Å². The fraction of sp³-hybridized carbons (Fsp3) is 0.118. The van der Waals surface area contributed by atoms with Crippen molar-refractivity contribution in [1.82, 2.24) is 4.98 Å². The van der Waals surface area contributed by atoms with Crippen molar-refractivity contribution in [3.63, 3.8) is 0 Å². The summed E-state index contributed by atoms with van der Waals surface area (Å²) >= 11 is 1.67. The summed E-state index contributed by atoms with van der Waals surface area (Å²) in [5.74, 6) is 2.96. The lowest BCUT2D eigenvalue weighted by atomic mass is 9.86. The summed E-state index contributed by atoms with van der Waals surface area (Å²) in [6.07, 6.45) is 6.06. The Kier molecular flexibility index (Phi) is 9.24. The minimum absolute atomic E-state index is 0.0907. The van der Waals surface area contributed by atoms with E-state index in [0.717, 1.165) is 61.1 Å². The molecule has 0 fully saturated rings. The second-order valence-electron chi connectivity index (χ2n) is 15.0. The van der Waals surface area contributed by atoms with Gasteiger partial charge in [0.1, 0.15) is 0 Å². The lowest BCUT2D eigenvalue weighted by molar-refractivity contribution is 0.590. The third kappa shape index (κ3) is 6.97. The maximum absolute atomic E-state index is 6.06. The van der Waals surface area contributed by atoms with Gasteiger partial charge in [-0.15, -0.1) is 17.8 Å². The fourth-order valence-electron chi connectivity index (χ4n) is 7.04. The van der Waals surface area contributed by atoms with Crippen molar-refractivity contribution in [1.29, 1.82) is 0 Å². The number of nitrogens with zero attached hydrogens (tertiary/aromatic N) is 2. The number of aryl methyl sites for hydroxylation is 2. The van der Waals surface area contributed by atoms with Crippen LogP contribution in [0.1, 0.15) is 42.3 Å². The number of hydrogen-bond acceptors (Lipinski definition) is 3. The molecule has 0 spiro atoms. The third-order valence-electron chi connectivity index (χ3n) is 10.1. The van der Waals surface area contributed by atoms with E-state index in [2.05, 4.69) is 203 Å². The van der Waals surface area contributed by atoms with Crippen LogP contribution in [0.3, 0.4) is 0 Å². The molecule has 2 nitrogen and oxygen atoms in total. The average molecular weight is 715 g/mol. The van der Waals surface area contributed by atoms with Gasteiger partial charge in [-0.1, -0.05) is 141 Å². The molecule has 0 saturated carbocycles. The average Bonchev–Trinajstić information content (AvgIpc) is 3.58. The number of anilines is 3. The highest BCUT2D eigenvalue weighted by atomic mass is 32.1. The minimum Gasteiger partial charge on any atom is -0.310 e. The monoisotopic (exact) mass is 714 g/mol. The van der Waals surface area contributed by atoms with E-state index in [1.807, 2.05) is 0 Å². The summed E-state index contributed by atoms with van der Waals surface area (Å²) in [4.78, 5) is 8.50. The van der Waals surface area contributed by atoms with E-state index in [-0.39, 0.29) is 5.41 Å². The number of rotatable bonds is 7. The van der Waals surface area contributed by atoms with Gasteiger partial charge in [-0.2, -0.15) is 0 Å². The molecule has 8 rings (SSSR count). The van der Waals surface area contributed by atoms with Crippen molar-refractivity contribution in [2.24, 2.45) is 0 Å². The molecule has 8 aromatic rings. The van der Waals surface area contributed by atoms with E-state index in [4.69, 9.17) is 11.4 Å². The number of terminal acetylenes is 1. The Morgan fingerprint density at radius 2 is 1.09 bits per heavy atom. The number of benzene rings is 6. The van der Waals surface area contributed by atoms with Gasteiger partial charge in [-0.25, -0.2) is 4.98 Å². The maximum atomic E-state index is 6.06. The van der Waals surface area contributed by atoms with Crippen LogP contribution in [0, 0.1) is 26.2 Å². The summed E-state index contributed by atoms with van der Waals surface area (Å²) in [5, 5.41) is 1.18. The standard InChI is InChI=1S/C51H42N2S/c1-7-48-50(45-13-8-9-14-49(45)54-48)39-11-10-12-44(31-39)53(42-27-17-35(3)18-28-42)43-29-23-38(24-30-43)47-33-40(36-21-25-41(26-22-36)51(4,5)6)32-46(52-47)37-19-15-34(2)16-20-37/h1,8-33H,2-6H3. The van der Waals surface area contributed by atoms with Crippen molar-refractivity contribution in [2.75, 3.05) is 4.90 Å². The molecule has 0 N–H and O–H groups in total. The Bertz CT molecular complexity index is 2630. The molecule has 0 radical (unpaired) electrons. The summed E-state index contributed by atoms with van der Waals surface area (Å²) < 4.78 is 1.20.